The maximum atomic E-state index is 12.9. The third kappa shape index (κ3) is 10.1. The maximum Gasteiger partial charge on any atom is 0.407 e. The van der Waals surface area contributed by atoms with Crippen LogP contribution in [0.25, 0.3) is 0 Å². The summed E-state index contributed by atoms with van der Waals surface area (Å²) in [6.07, 6.45) is -3.07. The van der Waals surface area contributed by atoms with Gasteiger partial charge in [0, 0.05) is 25.5 Å². The van der Waals surface area contributed by atoms with Gasteiger partial charge in [-0.2, -0.15) is 13.2 Å². The van der Waals surface area contributed by atoms with E-state index in [1.165, 1.54) is 31.5 Å². The van der Waals surface area contributed by atoms with E-state index >= 15 is 0 Å². The van der Waals surface area contributed by atoms with E-state index in [-0.39, 0.29) is 5.82 Å². The SMILES string of the molecule is CC.CN=CN(CC(C(F)(F)F)S(C)(=O)=O)c1ccccc1.COc1ccc(C)cc1F. The van der Waals surface area contributed by atoms with Crippen molar-refractivity contribution in [3.8, 4) is 5.75 Å². The lowest BCUT2D eigenvalue weighted by Gasteiger charge is -2.26. The number of nitrogens with zero attached hydrogens (tertiary/aromatic N) is 2. The van der Waals surface area contributed by atoms with E-state index in [2.05, 4.69) is 4.99 Å². The molecule has 32 heavy (non-hydrogen) atoms. The van der Waals surface area contributed by atoms with Crippen LogP contribution >= 0.6 is 0 Å². The minimum atomic E-state index is -4.83. The molecule has 180 valence electrons. The summed E-state index contributed by atoms with van der Waals surface area (Å²) in [6.45, 7) is 5.10. The van der Waals surface area contributed by atoms with Crippen LogP contribution < -0.4 is 9.64 Å². The largest absolute Gasteiger partial charge is 0.494 e. The standard InChI is InChI=1S/C12H15F3N2O2S.C8H9FO.C2H6/c1-16-9-17(10-6-4-3-5-7-10)8-11(12(13,14)15)20(2,18)19;1-6-3-4-8(10-2)7(9)5-6;1-2/h3-7,9,11H,8H2,1-2H3;3-5H,1-2H3;1-2H3. The van der Waals surface area contributed by atoms with Crippen molar-refractivity contribution in [2.45, 2.75) is 32.2 Å². The quantitative estimate of drug-likeness (QED) is 0.321. The van der Waals surface area contributed by atoms with Crippen molar-refractivity contribution in [1.29, 1.82) is 0 Å². The predicted molar refractivity (Wildman–Crippen MR) is 122 cm³/mol. The predicted octanol–water partition coefficient (Wildman–Crippen LogP) is 5.30. The Kier molecular flexibility index (Phi) is 12.6. The zero-order chi connectivity index (χ0) is 24.9. The van der Waals surface area contributed by atoms with Crippen LogP contribution in [-0.2, 0) is 9.84 Å². The van der Waals surface area contributed by atoms with Crippen molar-refractivity contribution >= 4 is 21.9 Å². The molecule has 0 aliphatic rings. The number of alkyl halides is 3. The molecule has 0 N–H and O–H groups in total. The fourth-order valence-corrected chi connectivity index (χ4v) is 3.33. The number of benzene rings is 2. The van der Waals surface area contributed by atoms with Gasteiger partial charge in [0.05, 0.1) is 13.4 Å². The van der Waals surface area contributed by atoms with Gasteiger partial charge in [0.25, 0.3) is 0 Å². The highest BCUT2D eigenvalue weighted by molar-refractivity contribution is 7.91. The van der Waals surface area contributed by atoms with Gasteiger partial charge < -0.3 is 9.64 Å². The Labute approximate surface area is 187 Å². The first-order valence-corrected chi connectivity index (χ1v) is 11.6. The second-order valence-corrected chi connectivity index (χ2v) is 8.59. The molecule has 2 aromatic rings. The van der Waals surface area contributed by atoms with Gasteiger partial charge in [0.15, 0.2) is 26.7 Å². The molecule has 10 heteroatoms. The number of para-hydroxylation sites is 1. The smallest absolute Gasteiger partial charge is 0.407 e. The van der Waals surface area contributed by atoms with Gasteiger partial charge in [-0.25, -0.2) is 12.8 Å². The number of aryl methyl sites for hydroxylation is 1. The zero-order valence-corrected chi connectivity index (χ0v) is 19.8. The van der Waals surface area contributed by atoms with E-state index in [0.717, 1.165) is 5.56 Å². The number of aliphatic imine (C=N–C) groups is 1. The van der Waals surface area contributed by atoms with Crippen LogP contribution in [0.2, 0.25) is 0 Å². The molecule has 1 atom stereocenters. The molecule has 0 aromatic heterocycles. The molecule has 0 bridgehead atoms. The Hall–Kier alpha value is -2.62. The summed E-state index contributed by atoms with van der Waals surface area (Å²) in [7, 11) is -1.42. The minimum Gasteiger partial charge on any atom is -0.494 e. The van der Waals surface area contributed by atoms with Gasteiger partial charge in [0.1, 0.15) is 0 Å². The Morgan fingerprint density at radius 1 is 1.12 bits per heavy atom. The van der Waals surface area contributed by atoms with E-state index in [1.807, 2.05) is 26.8 Å². The van der Waals surface area contributed by atoms with Crippen LogP contribution in [-0.4, -0.2) is 53.1 Å². The molecule has 0 heterocycles. The molecular weight excluding hydrogens is 448 g/mol. The fourth-order valence-electron chi connectivity index (χ4n) is 2.41. The molecule has 0 aliphatic carbocycles. The van der Waals surface area contributed by atoms with Gasteiger partial charge in [-0.15, -0.1) is 0 Å². The number of rotatable bonds is 6. The first-order valence-electron chi connectivity index (χ1n) is 9.69. The van der Waals surface area contributed by atoms with E-state index in [4.69, 9.17) is 4.74 Å². The highest BCUT2D eigenvalue weighted by Gasteiger charge is 2.47. The second-order valence-electron chi connectivity index (χ2n) is 6.36. The summed E-state index contributed by atoms with van der Waals surface area (Å²) in [5, 5.41) is -2.46. The molecule has 0 saturated carbocycles. The van der Waals surface area contributed by atoms with Crippen LogP contribution in [0.4, 0.5) is 23.2 Å². The van der Waals surface area contributed by atoms with Gasteiger partial charge in [-0.05, 0) is 36.8 Å². The van der Waals surface area contributed by atoms with Crippen LogP contribution in [0, 0.1) is 12.7 Å². The lowest BCUT2D eigenvalue weighted by molar-refractivity contribution is -0.128. The Balaban J connectivity index is 0.000000668. The molecule has 5 nitrogen and oxygen atoms in total. The van der Waals surface area contributed by atoms with Gasteiger partial charge in [0.2, 0.25) is 0 Å². The molecular formula is C22H30F4N2O3S. The van der Waals surface area contributed by atoms with Crippen molar-refractivity contribution in [3.63, 3.8) is 0 Å². The Bertz CT molecular complexity index is 934. The summed E-state index contributed by atoms with van der Waals surface area (Å²) in [5.41, 5.74) is 1.34. The third-order valence-electron chi connectivity index (χ3n) is 3.89. The first-order chi connectivity index (χ1) is 14.9. The van der Waals surface area contributed by atoms with Gasteiger partial charge in [-0.1, -0.05) is 38.1 Å². The molecule has 0 fully saturated rings. The van der Waals surface area contributed by atoms with Gasteiger partial charge >= 0.3 is 6.18 Å². The van der Waals surface area contributed by atoms with Crippen LogP contribution in [0.5, 0.6) is 5.75 Å². The average molecular weight is 479 g/mol. The second kappa shape index (κ2) is 13.7. The number of sulfone groups is 1. The van der Waals surface area contributed by atoms with Crippen molar-refractivity contribution in [3.05, 3.63) is 59.9 Å². The molecule has 1 unspecified atom stereocenters. The third-order valence-corrected chi connectivity index (χ3v) is 5.34. The van der Waals surface area contributed by atoms with E-state index in [9.17, 15) is 26.0 Å². The number of hydrogen-bond acceptors (Lipinski definition) is 4. The lowest BCUT2D eigenvalue weighted by Crippen LogP contribution is -2.45. The lowest BCUT2D eigenvalue weighted by atomic mass is 10.2. The summed E-state index contributed by atoms with van der Waals surface area (Å²) in [4.78, 5) is 4.83. The average Bonchev–Trinajstić information content (AvgIpc) is 2.72. The molecule has 0 amide bonds. The first kappa shape index (κ1) is 29.4. The maximum absolute atomic E-state index is 12.9. The van der Waals surface area contributed by atoms with Crippen LogP contribution in [0.1, 0.15) is 19.4 Å². The van der Waals surface area contributed by atoms with E-state index in [1.54, 1.807) is 36.4 Å². The summed E-state index contributed by atoms with van der Waals surface area (Å²) in [6, 6.07) is 13.0. The Morgan fingerprint density at radius 2 is 1.69 bits per heavy atom. The topological polar surface area (TPSA) is 59.0 Å². The fraction of sp³-hybridized carbons (Fsp3) is 0.409. The highest BCUT2D eigenvalue weighted by atomic mass is 32.2. The zero-order valence-electron chi connectivity index (χ0n) is 19.0. The molecule has 2 rings (SSSR count). The van der Waals surface area contributed by atoms with Crippen molar-refractivity contribution < 1.29 is 30.7 Å². The Morgan fingerprint density at radius 3 is 2.09 bits per heavy atom. The molecule has 0 aliphatic heterocycles. The van der Waals surface area contributed by atoms with Crippen LogP contribution in [0.3, 0.4) is 0 Å². The van der Waals surface area contributed by atoms with Crippen molar-refractivity contribution in [1.82, 2.24) is 0 Å². The van der Waals surface area contributed by atoms with Crippen molar-refractivity contribution in [2.75, 3.05) is 31.9 Å². The summed E-state index contributed by atoms with van der Waals surface area (Å²) >= 11 is 0. The van der Waals surface area contributed by atoms with E-state index in [0.29, 0.717) is 17.7 Å². The van der Waals surface area contributed by atoms with Crippen LogP contribution in [0.15, 0.2) is 53.5 Å². The summed E-state index contributed by atoms with van der Waals surface area (Å²) in [5.74, 6) is -0.00639. The number of ether oxygens (including phenoxy) is 1. The van der Waals surface area contributed by atoms with E-state index < -0.39 is 27.8 Å². The molecule has 2 aromatic carbocycles. The minimum absolute atomic E-state index is 0.297. The molecule has 0 radical (unpaired) electrons. The number of methoxy groups -OCH3 is 1. The molecule has 0 spiro atoms. The molecule has 0 saturated heterocycles. The monoisotopic (exact) mass is 478 g/mol. The van der Waals surface area contributed by atoms with Gasteiger partial charge in [-0.3, -0.25) is 4.99 Å². The normalized spacial score (nSPS) is 12.2. The summed E-state index contributed by atoms with van der Waals surface area (Å²) < 4.78 is 78.8. The number of anilines is 1. The van der Waals surface area contributed by atoms with Crippen molar-refractivity contribution in [2.24, 2.45) is 4.99 Å². The number of hydrogen-bond donors (Lipinski definition) is 0. The number of halogens is 4. The highest BCUT2D eigenvalue weighted by Crippen LogP contribution is 2.27.